The van der Waals surface area contributed by atoms with Crippen LogP contribution in [-0.2, 0) is 6.54 Å². The van der Waals surface area contributed by atoms with Crippen LogP contribution in [0.25, 0.3) is 0 Å². The van der Waals surface area contributed by atoms with Crippen molar-refractivity contribution in [2.45, 2.75) is 65.1 Å². The molecule has 2 heterocycles. The number of pyridine rings is 1. The lowest BCUT2D eigenvalue weighted by Gasteiger charge is -2.27. The molecule has 3 nitrogen and oxygen atoms in total. The predicted molar refractivity (Wildman–Crippen MR) is 81.3 cm³/mol. The summed E-state index contributed by atoms with van der Waals surface area (Å²) in [6.45, 7) is 8.88. The summed E-state index contributed by atoms with van der Waals surface area (Å²) in [6.07, 6.45) is 7.01. The third-order valence-electron chi connectivity index (χ3n) is 4.17. The minimum Gasteiger partial charge on any atom is -0.370 e. The molecule has 0 spiro atoms. The molecule has 1 aromatic rings. The van der Waals surface area contributed by atoms with Crippen molar-refractivity contribution in [2.75, 3.05) is 11.9 Å². The molecule has 0 aliphatic carbocycles. The van der Waals surface area contributed by atoms with E-state index in [1.165, 1.54) is 24.8 Å². The fourth-order valence-electron chi connectivity index (χ4n) is 2.98. The molecule has 2 atom stereocenters. The van der Waals surface area contributed by atoms with E-state index in [1.54, 1.807) is 0 Å². The quantitative estimate of drug-likeness (QED) is 0.847. The first-order valence-corrected chi connectivity index (χ1v) is 7.69. The number of likely N-dealkylation sites (tertiary alicyclic amines) is 1. The van der Waals surface area contributed by atoms with Gasteiger partial charge >= 0.3 is 0 Å². The van der Waals surface area contributed by atoms with Crippen LogP contribution in [0.5, 0.6) is 0 Å². The lowest BCUT2D eigenvalue weighted by molar-refractivity contribution is 0.189. The van der Waals surface area contributed by atoms with E-state index in [0.717, 1.165) is 31.4 Å². The molecule has 106 valence electrons. The average molecular weight is 261 g/mol. The zero-order valence-corrected chi connectivity index (χ0v) is 12.5. The van der Waals surface area contributed by atoms with Gasteiger partial charge < -0.3 is 5.32 Å². The second-order valence-corrected chi connectivity index (χ2v) is 5.64. The van der Waals surface area contributed by atoms with E-state index in [2.05, 4.69) is 48.1 Å². The minimum absolute atomic E-state index is 0.713. The van der Waals surface area contributed by atoms with E-state index < -0.39 is 0 Å². The molecule has 1 N–H and O–H groups in total. The number of anilines is 1. The van der Waals surface area contributed by atoms with Crippen LogP contribution in [0.4, 0.5) is 5.82 Å². The summed E-state index contributed by atoms with van der Waals surface area (Å²) in [5, 5.41) is 3.37. The van der Waals surface area contributed by atoms with Crippen LogP contribution >= 0.6 is 0 Å². The molecule has 3 heteroatoms. The van der Waals surface area contributed by atoms with Crippen LogP contribution in [0, 0.1) is 0 Å². The normalized spacial score (nSPS) is 23.7. The molecule has 1 saturated heterocycles. The third-order valence-corrected chi connectivity index (χ3v) is 4.17. The molecule has 2 unspecified atom stereocenters. The molecule has 0 aromatic carbocycles. The van der Waals surface area contributed by atoms with Crippen molar-refractivity contribution in [1.29, 1.82) is 0 Å². The zero-order chi connectivity index (χ0) is 13.7. The smallest absolute Gasteiger partial charge is 0.126 e. The first-order valence-electron chi connectivity index (χ1n) is 7.69. The van der Waals surface area contributed by atoms with Gasteiger partial charge in [-0.15, -0.1) is 0 Å². The van der Waals surface area contributed by atoms with E-state index in [1.807, 2.05) is 6.20 Å². The van der Waals surface area contributed by atoms with E-state index >= 15 is 0 Å². The summed E-state index contributed by atoms with van der Waals surface area (Å²) in [6, 6.07) is 5.82. The first kappa shape index (κ1) is 14.3. The van der Waals surface area contributed by atoms with Crippen molar-refractivity contribution in [3.8, 4) is 0 Å². The Morgan fingerprint density at radius 1 is 1.37 bits per heavy atom. The van der Waals surface area contributed by atoms with Gasteiger partial charge in [-0.25, -0.2) is 4.98 Å². The molecule has 1 aromatic heterocycles. The second-order valence-electron chi connectivity index (χ2n) is 5.64. The van der Waals surface area contributed by atoms with Gasteiger partial charge in [0.1, 0.15) is 5.82 Å². The third kappa shape index (κ3) is 3.69. The summed E-state index contributed by atoms with van der Waals surface area (Å²) >= 11 is 0. The largest absolute Gasteiger partial charge is 0.370 e. The SMILES string of the molecule is CCCNc1cc(CN2C(C)CCC2CC)ccn1. The molecule has 0 radical (unpaired) electrons. The molecule has 0 saturated carbocycles. The average Bonchev–Trinajstić information content (AvgIpc) is 2.78. The topological polar surface area (TPSA) is 28.2 Å². The lowest BCUT2D eigenvalue weighted by atomic mass is 10.1. The van der Waals surface area contributed by atoms with Gasteiger partial charge in [0.25, 0.3) is 0 Å². The van der Waals surface area contributed by atoms with Crippen molar-refractivity contribution in [2.24, 2.45) is 0 Å². The number of aromatic nitrogens is 1. The summed E-state index contributed by atoms with van der Waals surface area (Å²) < 4.78 is 0. The van der Waals surface area contributed by atoms with Gasteiger partial charge in [0.15, 0.2) is 0 Å². The second kappa shape index (κ2) is 6.90. The van der Waals surface area contributed by atoms with E-state index in [9.17, 15) is 0 Å². The van der Waals surface area contributed by atoms with Crippen molar-refractivity contribution in [1.82, 2.24) is 9.88 Å². The Hall–Kier alpha value is -1.09. The van der Waals surface area contributed by atoms with Crippen LogP contribution in [0.15, 0.2) is 18.3 Å². The lowest BCUT2D eigenvalue weighted by Crippen LogP contribution is -2.33. The van der Waals surface area contributed by atoms with Crippen molar-refractivity contribution in [3.05, 3.63) is 23.9 Å². The number of rotatable bonds is 6. The van der Waals surface area contributed by atoms with Crippen LogP contribution in [0.3, 0.4) is 0 Å². The standard InChI is InChI=1S/C16H27N3/c1-4-9-17-16-11-14(8-10-18-16)12-19-13(3)6-7-15(19)5-2/h8,10-11,13,15H,4-7,9,12H2,1-3H3,(H,17,18). The minimum atomic E-state index is 0.713. The van der Waals surface area contributed by atoms with Crippen LogP contribution < -0.4 is 5.32 Å². The fourth-order valence-corrected chi connectivity index (χ4v) is 2.98. The van der Waals surface area contributed by atoms with Crippen molar-refractivity contribution < 1.29 is 0 Å². The fraction of sp³-hybridized carbons (Fsp3) is 0.688. The molecular weight excluding hydrogens is 234 g/mol. The van der Waals surface area contributed by atoms with E-state index in [-0.39, 0.29) is 0 Å². The van der Waals surface area contributed by atoms with Crippen molar-refractivity contribution >= 4 is 5.82 Å². The Morgan fingerprint density at radius 3 is 2.95 bits per heavy atom. The summed E-state index contributed by atoms with van der Waals surface area (Å²) in [5.41, 5.74) is 1.38. The molecule has 1 aliphatic heterocycles. The maximum atomic E-state index is 4.38. The number of hydrogen-bond acceptors (Lipinski definition) is 3. The summed E-state index contributed by atoms with van der Waals surface area (Å²) in [5.74, 6) is 1.01. The maximum Gasteiger partial charge on any atom is 0.126 e. The summed E-state index contributed by atoms with van der Waals surface area (Å²) in [7, 11) is 0. The molecule has 19 heavy (non-hydrogen) atoms. The van der Waals surface area contributed by atoms with Gasteiger partial charge in [-0.3, -0.25) is 4.90 Å². The van der Waals surface area contributed by atoms with Crippen LogP contribution in [0.2, 0.25) is 0 Å². The van der Waals surface area contributed by atoms with Crippen LogP contribution in [-0.4, -0.2) is 28.5 Å². The van der Waals surface area contributed by atoms with E-state index in [0.29, 0.717) is 6.04 Å². The highest BCUT2D eigenvalue weighted by atomic mass is 15.2. The predicted octanol–water partition coefficient (Wildman–Crippen LogP) is 3.67. The van der Waals surface area contributed by atoms with E-state index in [4.69, 9.17) is 0 Å². The molecule has 1 fully saturated rings. The monoisotopic (exact) mass is 261 g/mol. The number of nitrogens with one attached hydrogen (secondary N) is 1. The Bertz CT molecular complexity index is 391. The summed E-state index contributed by atoms with van der Waals surface area (Å²) in [4.78, 5) is 7.03. The molecule has 1 aliphatic rings. The van der Waals surface area contributed by atoms with Gasteiger partial charge in [0.05, 0.1) is 0 Å². The van der Waals surface area contributed by atoms with Gasteiger partial charge in [-0.05, 0) is 50.3 Å². The Kier molecular flexibility index (Phi) is 5.20. The van der Waals surface area contributed by atoms with Gasteiger partial charge in [0.2, 0.25) is 0 Å². The number of nitrogens with zero attached hydrogens (tertiary/aromatic N) is 2. The van der Waals surface area contributed by atoms with Gasteiger partial charge in [-0.2, -0.15) is 0 Å². The van der Waals surface area contributed by atoms with Crippen molar-refractivity contribution in [3.63, 3.8) is 0 Å². The van der Waals surface area contributed by atoms with Gasteiger partial charge in [0, 0.05) is 31.4 Å². The molecule has 0 amide bonds. The highest BCUT2D eigenvalue weighted by Gasteiger charge is 2.28. The number of hydrogen-bond donors (Lipinski definition) is 1. The van der Waals surface area contributed by atoms with Crippen LogP contribution in [0.1, 0.15) is 52.0 Å². The maximum absolute atomic E-state index is 4.38. The molecular formula is C16H27N3. The highest BCUT2D eigenvalue weighted by molar-refractivity contribution is 5.37. The Labute approximate surface area is 117 Å². The highest BCUT2D eigenvalue weighted by Crippen LogP contribution is 2.28. The first-order chi connectivity index (χ1) is 9.24. The Balaban J connectivity index is 2.01. The zero-order valence-electron chi connectivity index (χ0n) is 12.5. The molecule has 2 rings (SSSR count). The molecule has 0 bridgehead atoms. The van der Waals surface area contributed by atoms with Gasteiger partial charge in [-0.1, -0.05) is 13.8 Å². The Morgan fingerprint density at radius 2 is 2.21 bits per heavy atom.